The molecule has 1 saturated heterocycles. The summed E-state index contributed by atoms with van der Waals surface area (Å²) in [6, 6.07) is 5.60. The lowest BCUT2D eigenvalue weighted by Crippen LogP contribution is -2.34. The number of piperidine rings is 1. The summed E-state index contributed by atoms with van der Waals surface area (Å²) >= 11 is 0. The average molecular weight is 250 g/mol. The molecule has 0 bridgehead atoms. The second kappa shape index (κ2) is 4.79. The van der Waals surface area contributed by atoms with Crippen molar-refractivity contribution in [3.05, 3.63) is 23.8 Å². The molecule has 1 aromatic carbocycles. The topological polar surface area (TPSA) is 29.3 Å². The Hall–Kier alpha value is -1.25. The maximum atomic E-state index is 14.3. The van der Waals surface area contributed by atoms with Crippen LogP contribution < -0.4 is 10.6 Å². The van der Waals surface area contributed by atoms with Gasteiger partial charge in [-0.05, 0) is 50.8 Å². The van der Waals surface area contributed by atoms with Gasteiger partial charge in [-0.25, -0.2) is 4.39 Å². The van der Waals surface area contributed by atoms with Crippen molar-refractivity contribution in [3.8, 4) is 0 Å². The Labute approximate surface area is 109 Å². The molecule has 0 amide bonds. The van der Waals surface area contributed by atoms with Crippen molar-refractivity contribution in [2.75, 3.05) is 23.7 Å². The van der Waals surface area contributed by atoms with E-state index in [0.29, 0.717) is 11.3 Å². The molecule has 18 heavy (non-hydrogen) atoms. The lowest BCUT2D eigenvalue weighted by atomic mass is 9.94. The summed E-state index contributed by atoms with van der Waals surface area (Å²) in [5.74, 6) is 0.775. The second-order valence-corrected chi connectivity index (χ2v) is 5.92. The van der Waals surface area contributed by atoms with Gasteiger partial charge in [-0.3, -0.25) is 0 Å². The first-order valence-corrected chi connectivity index (χ1v) is 6.72. The minimum absolute atomic E-state index is 0.629. The molecule has 2 N–H and O–H groups in total. The molecule has 0 aromatic heterocycles. The number of benzene rings is 1. The first-order chi connectivity index (χ1) is 8.38. The van der Waals surface area contributed by atoms with Crippen LogP contribution in [-0.4, -0.2) is 13.1 Å². The highest BCUT2D eigenvalue weighted by Crippen LogP contribution is 2.36. The summed E-state index contributed by atoms with van der Waals surface area (Å²) < 4.78 is 14.3. The van der Waals surface area contributed by atoms with Crippen molar-refractivity contribution in [1.82, 2.24) is 0 Å². The van der Waals surface area contributed by atoms with Crippen molar-refractivity contribution in [2.24, 2.45) is 5.92 Å². The van der Waals surface area contributed by atoms with Crippen LogP contribution in [0.4, 0.5) is 15.8 Å². The number of nitrogens with two attached hydrogens (primary N) is 1. The molecule has 1 aromatic rings. The Kier molecular flexibility index (Phi) is 3.51. The van der Waals surface area contributed by atoms with Gasteiger partial charge in [0, 0.05) is 30.0 Å². The summed E-state index contributed by atoms with van der Waals surface area (Å²) in [4.78, 5) is 2.29. The monoisotopic (exact) mass is 250 g/mol. The molecule has 1 heterocycles. The normalized spacial score (nSPS) is 18.1. The van der Waals surface area contributed by atoms with Gasteiger partial charge in [-0.15, -0.1) is 0 Å². The van der Waals surface area contributed by atoms with Gasteiger partial charge >= 0.3 is 0 Å². The molecule has 2 nitrogen and oxygen atoms in total. The van der Waals surface area contributed by atoms with Gasteiger partial charge < -0.3 is 10.6 Å². The molecule has 100 valence electrons. The molecule has 0 spiro atoms. The summed E-state index contributed by atoms with van der Waals surface area (Å²) in [7, 11) is 0. The van der Waals surface area contributed by atoms with Crippen LogP contribution in [0, 0.1) is 5.92 Å². The van der Waals surface area contributed by atoms with E-state index >= 15 is 0 Å². The van der Waals surface area contributed by atoms with Crippen LogP contribution in [0.2, 0.25) is 0 Å². The first kappa shape index (κ1) is 13.2. The van der Waals surface area contributed by atoms with Crippen LogP contribution in [0.25, 0.3) is 0 Å². The number of rotatable bonds is 2. The molecule has 2 rings (SSSR count). The SMILES string of the molecule is CC1CCN(c2ccc(N)cc2C(C)(C)F)CC1. The standard InChI is InChI=1S/C15H23FN2/c1-11-6-8-18(9-7-11)14-5-4-12(17)10-13(14)15(2,3)16/h4-5,10-11H,6-9,17H2,1-3H3. The Balaban J connectivity index is 2.32. The summed E-state index contributed by atoms with van der Waals surface area (Å²) in [5, 5.41) is 0. The molecule has 3 heteroatoms. The summed E-state index contributed by atoms with van der Waals surface area (Å²) in [6.07, 6.45) is 2.35. The van der Waals surface area contributed by atoms with Gasteiger partial charge in [0.15, 0.2) is 0 Å². The third-order valence-electron chi connectivity index (χ3n) is 3.79. The van der Waals surface area contributed by atoms with Crippen molar-refractivity contribution < 1.29 is 4.39 Å². The van der Waals surface area contributed by atoms with Crippen molar-refractivity contribution in [3.63, 3.8) is 0 Å². The highest BCUT2D eigenvalue weighted by Gasteiger charge is 2.26. The Bertz CT molecular complexity index is 415. The van der Waals surface area contributed by atoms with E-state index < -0.39 is 5.67 Å². The van der Waals surface area contributed by atoms with Crippen molar-refractivity contribution >= 4 is 11.4 Å². The number of hydrogen-bond donors (Lipinski definition) is 1. The van der Waals surface area contributed by atoms with E-state index in [1.54, 1.807) is 19.9 Å². The van der Waals surface area contributed by atoms with Crippen LogP contribution in [0.15, 0.2) is 18.2 Å². The van der Waals surface area contributed by atoms with Crippen LogP contribution in [0.3, 0.4) is 0 Å². The number of halogens is 1. The van der Waals surface area contributed by atoms with E-state index in [1.165, 1.54) is 12.8 Å². The zero-order valence-electron chi connectivity index (χ0n) is 11.5. The van der Waals surface area contributed by atoms with Gasteiger partial charge in [0.05, 0.1) is 0 Å². The van der Waals surface area contributed by atoms with Gasteiger partial charge in [0.1, 0.15) is 5.67 Å². The Morgan fingerprint density at radius 3 is 2.44 bits per heavy atom. The fourth-order valence-electron chi connectivity index (χ4n) is 2.56. The van der Waals surface area contributed by atoms with E-state index in [9.17, 15) is 4.39 Å². The number of nitrogen functional groups attached to an aromatic ring is 1. The smallest absolute Gasteiger partial charge is 0.132 e. The predicted octanol–water partition coefficient (Wildman–Crippen LogP) is 3.71. The van der Waals surface area contributed by atoms with Gasteiger partial charge in [0.2, 0.25) is 0 Å². The minimum Gasteiger partial charge on any atom is -0.399 e. The molecule has 0 atom stereocenters. The largest absolute Gasteiger partial charge is 0.399 e. The van der Waals surface area contributed by atoms with Crippen LogP contribution in [0.1, 0.15) is 39.2 Å². The molecule has 1 fully saturated rings. The maximum absolute atomic E-state index is 14.3. The van der Waals surface area contributed by atoms with E-state index in [1.807, 2.05) is 12.1 Å². The minimum atomic E-state index is -1.35. The fraction of sp³-hybridized carbons (Fsp3) is 0.600. The highest BCUT2D eigenvalue weighted by molar-refractivity contribution is 5.61. The van der Waals surface area contributed by atoms with E-state index in [-0.39, 0.29) is 0 Å². The van der Waals surface area contributed by atoms with Crippen molar-refractivity contribution in [2.45, 2.75) is 39.3 Å². The van der Waals surface area contributed by atoms with Gasteiger partial charge in [-0.2, -0.15) is 0 Å². The van der Waals surface area contributed by atoms with Gasteiger partial charge in [0.25, 0.3) is 0 Å². The molecule has 1 aliphatic rings. The quantitative estimate of drug-likeness (QED) is 0.811. The molecule has 1 aliphatic heterocycles. The lowest BCUT2D eigenvalue weighted by molar-refractivity contribution is 0.221. The summed E-state index contributed by atoms with van der Waals surface area (Å²) in [5.41, 5.74) is 6.78. The van der Waals surface area contributed by atoms with Crippen LogP contribution >= 0.6 is 0 Å². The molecular weight excluding hydrogens is 227 g/mol. The molecule has 0 saturated carbocycles. The van der Waals surface area contributed by atoms with Crippen LogP contribution in [0.5, 0.6) is 0 Å². The average Bonchev–Trinajstić information content (AvgIpc) is 2.29. The third-order valence-corrected chi connectivity index (χ3v) is 3.79. The second-order valence-electron chi connectivity index (χ2n) is 5.92. The Morgan fingerprint density at radius 1 is 1.28 bits per heavy atom. The third kappa shape index (κ3) is 2.77. The first-order valence-electron chi connectivity index (χ1n) is 6.72. The van der Waals surface area contributed by atoms with Crippen molar-refractivity contribution in [1.29, 1.82) is 0 Å². The highest BCUT2D eigenvalue weighted by atomic mass is 19.1. The van der Waals surface area contributed by atoms with E-state index in [4.69, 9.17) is 5.73 Å². The van der Waals surface area contributed by atoms with E-state index in [0.717, 1.165) is 24.7 Å². The van der Waals surface area contributed by atoms with E-state index in [2.05, 4.69) is 11.8 Å². The zero-order chi connectivity index (χ0) is 13.3. The molecule has 0 radical (unpaired) electrons. The Morgan fingerprint density at radius 2 is 1.89 bits per heavy atom. The number of anilines is 2. The lowest BCUT2D eigenvalue weighted by Gasteiger charge is -2.35. The van der Waals surface area contributed by atoms with Crippen LogP contribution in [-0.2, 0) is 5.67 Å². The van der Waals surface area contributed by atoms with Gasteiger partial charge in [-0.1, -0.05) is 6.92 Å². The predicted molar refractivity (Wildman–Crippen MR) is 75.6 cm³/mol. The zero-order valence-corrected chi connectivity index (χ0v) is 11.5. The number of alkyl halides is 1. The molecular formula is C15H23FN2. The summed E-state index contributed by atoms with van der Waals surface area (Å²) in [6.45, 7) is 7.48. The molecule has 0 aliphatic carbocycles. The molecule has 0 unspecified atom stereocenters. The number of nitrogens with zero attached hydrogens (tertiary/aromatic N) is 1. The fourth-order valence-corrected chi connectivity index (χ4v) is 2.56. The number of hydrogen-bond acceptors (Lipinski definition) is 2. The maximum Gasteiger partial charge on any atom is 0.132 e.